The highest BCUT2D eigenvalue weighted by molar-refractivity contribution is 5.41. The van der Waals surface area contributed by atoms with Gasteiger partial charge >= 0.3 is 0 Å². The van der Waals surface area contributed by atoms with E-state index >= 15 is 0 Å². The minimum absolute atomic E-state index is 0.203. The zero-order valence-corrected chi connectivity index (χ0v) is 14.6. The summed E-state index contributed by atoms with van der Waals surface area (Å²) >= 11 is 0. The van der Waals surface area contributed by atoms with E-state index in [1.165, 1.54) is 18.4 Å². The second kappa shape index (κ2) is 10.5. The molecular weight excluding hydrogens is 276 g/mol. The van der Waals surface area contributed by atoms with Crippen LogP contribution in [0.15, 0.2) is 18.2 Å². The zero-order valence-electron chi connectivity index (χ0n) is 14.6. The fourth-order valence-electron chi connectivity index (χ4n) is 2.42. The molecule has 0 aromatic heterocycles. The Hall–Kier alpha value is -1.22. The summed E-state index contributed by atoms with van der Waals surface area (Å²) in [5.41, 5.74) is 1.21. The average Bonchev–Trinajstić information content (AvgIpc) is 2.49. The molecule has 0 saturated heterocycles. The van der Waals surface area contributed by atoms with Crippen LogP contribution in [0.25, 0.3) is 0 Å². The second-order valence-corrected chi connectivity index (χ2v) is 6.59. The van der Waals surface area contributed by atoms with E-state index in [-0.39, 0.29) is 5.75 Å². The van der Waals surface area contributed by atoms with Crippen LogP contribution in [0.5, 0.6) is 11.5 Å². The fourth-order valence-corrected chi connectivity index (χ4v) is 2.42. The number of methoxy groups -OCH3 is 1. The van der Waals surface area contributed by atoms with Gasteiger partial charge in [-0.25, -0.2) is 0 Å². The third kappa shape index (κ3) is 7.69. The van der Waals surface area contributed by atoms with Gasteiger partial charge in [0.25, 0.3) is 0 Å². The van der Waals surface area contributed by atoms with Crippen molar-refractivity contribution in [1.82, 2.24) is 0 Å². The second-order valence-electron chi connectivity index (χ2n) is 6.59. The number of rotatable bonds is 11. The minimum atomic E-state index is 0.203. The van der Waals surface area contributed by atoms with Gasteiger partial charge in [-0.15, -0.1) is 0 Å². The predicted molar refractivity (Wildman–Crippen MR) is 91.7 cm³/mol. The Labute approximate surface area is 135 Å². The number of aryl methyl sites for hydroxylation is 1. The van der Waals surface area contributed by atoms with Crippen molar-refractivity contribution < 1.29 is 14.6 Å². The third-order valence-electron chi connectivity index (χ3n) is 4.00. The molecule has 1 aromatic rings. The van der Waals surface area contributed by atoms with E-state index in [0.717, 1.165) is 38.4 Å². The maximum Gasteiger partial charge on any atom is 0.160 e. The Bertz CT molecular complexity index is 415. The van der Waals surface area contributed by atoms with Crippen molar-refractivity contribution in [2.75, 3.05) is 20.3 Å². The van der Waals surface area contributed by atoms with Gasteiger partial charge in [0.05, 0.1) is 7.11 Å². The maximum absolute atomic E-state index is 9.59. The van der Waals surface area contributed by atoms with Gasteiger partial charge in [0, 0.05) is 13.2 Å². The highest BCUT2D eigenvalue weighted by Crippen LogP contribution is 2.27. The Balaban J connectivity index is 2.16. The third-order valence-corrected chi connectivity index (χ3v) is 4.00. The van der Waals surface area contributed by atoms with Gasteiger partial charge in [-0.05, 0) is 61.6 Å². The fraction of sp³-hybridized carbons (Fsp3) is 0.684. The molecule has 1 N–H and O–H groups in total. The first-order valence-electron chi connectivity index (χ1n) is 8.46. The maximum atomic E-state index is 9.59. The minimum Gasteiger partial charge on any atom is -0.504 e. The standard InChI is InChI=1S/C19H32O3/c1-15(2)6-5-12-22-13-11-16(3)7-8-17-9-10-18(20)19(14-17)21-4/h9-10,14-16,20H,5-8,11-13H2,1-4H3. The molecule has 22 heavy (non-hydrogen) atoms. The summed E-state index contributed by atoms with van der Waals surface area (Å²) < 4.78 is 10.8. The van der Waals surface area contributed by atoms with Crippen molar-refractivity contribution in [3.8, 4) is 11.5 Å². The summed E-state index contributed by atoms with van der Waals surface area (Å²) in [4.78, 5) is 0. The van der Waals surface area contributed by atoms with E-state index in [1.807, 2.05) is 12.1 Å². The molecule has 3 nitrogen and oxygen atoms in total. The number of aromatic hydroxyl groups is 1. The highest BCUT2D eigenvalue weighted by atomic mass is 16.5. The average molecular weight is 308 g/mol. The van der Waals surface area contributed by atoms with Crippen LogP contribution in [0.3, 0.4) is 0 Å². The Morgan fingerprint density at radius 2 is 1.82 bits per heavy atom. The molecule has 1 aromatic carbocycles. The summed E-state index contributed by atoms with van der Waals surface area (Å²) in [6, 6.07) is 5.59. The van der Waals surface area contributed by atoms with Crippen LogP contribution in [0.2, 0.25) is 0 Å². The van der Waals surface area contributed by atoms with Crippen molar-refractivity contribution >= 4 is 0 Å². The van der Waals surface area contributed by atoms with E-state index in [2.05, 4.69) is 20.8 Å². The zero-order chi connectivity index (χ0) is 16.4. The van der Waals surface area contributed by atoms with Gasteiger partial charge in [-0.1, -0.05) is 26.8 Å². The van der Waals surface area contributed by atoms with E-state index in [4.69, 9.17) is 9.47 Å². The molecule has 126 valence electrons. The lowest BCUT2D eigenvalue weighted by atomic mass is 9.98. The lowest BCUT2D eigenvalue weighted by Gasteiger charge is -2.13. The molecule has 3 heteroatoms. The molecule has 0 aliphatic carbocycles. The number of hydrogen-bond donors (Lipinski definition) is 1. The van der Waals surface area contributed by atoms with E-state index in [1.54, 1.807) is 13.2 Å². The summed E-state index contributed by atoms with van der Waals surface area (Å²) in [6.07, 6.45) is 5.66. The van der Waals surface area contributed by atoms with Crippen molar-refractivity contribution in [2.24, 2.45) is 11.8 Å². The molecule has 0 aliphatic heterocycles. The van der Waals surface area contributed by atoms with E-state index in [9.17, 15) is 5.11 Å². The van der Waals surface area contributed by atoms with Gasteiger partial charge in [-0.2, -0.15) is 0 Å². The van der Waals surface area contributed by atoms with Crippen molar-refractivity contribution in [2.45, 2.75) is 52.9 Å². The predicted octanol–water partition coefficient (Wildman–Crippen LogP) is 4.81. The number of phenolic OH excluding ortho intramolecular Hbond substituents is 1. The Kier molecular flexibility index (Phi) is 8.98. The van der Waals surface area contributed by atoms with Crippen LogP contribution in [0.1, 0.15) is 52.0 Å². The van der Waals surface area contributed by atoms with Gasteiger partial charge in [-0.3, -0.25) is 0 Å². The molecule has 1 rings (SSSR count). The summed E-state index contributed by atoms with van der Waals surface area (Å²) in [5, 5.41) is 9.59. The van der Waals surface area contributed by atoms with E-state index < -0.39 is 0 Å². The van der Waals surface area contributed by atoms with Gasteiger partial charge in [0.1, 0.15) is 0 Å². The number of hydrogen-bond acceptors (Lipinski definition) is 3. The summed E-state index contributed by atoms with van der Waals surface area (Å²) in [6.45, 7) is 8.52. The molecule has 0 amide bonds. The smallest absolute Gasteiger partial charge is 0.160 e. The molecule has 1 atom stereocenters. The number of ether oxygens (including phenoxy) is 2. The lowest BCUT2D eigenvalue weighted by Crippen LogP contribution is -2.05. The first-order chi connectivity index (χ1) is 10.5. The van der Waals surface area contributed by atoms with Crippen molar-refractivity contribution in [3.05, 3.63) is 23.8 Å². The first-order valence-corrected chi connectivity index (χ1v) is 8.46. The van der Waals surface area contributed by atoms with Gasteiger partial charge < -0.3 is 14.6 Å². The molecule has 0 saturated carbocycles. The molecule has 0 spiro atoms. The topological polar surface area (TPSA) is 38.7 Å². The summed E-state index contributed by atoms with van der Waals surface area (Å²) in [5.74, 6) is 2.17. The summed E-state index contributed by atoms with van der Waals surface area (Å²) in [7, 11) is 1.58. The highest BCUT2D eigenvalue weighted by Gasteiger charge is 2.06. The number of benzene rings is 1. The lowest BCUT2D eigenvalue weighted by molar-refractivity contribution is 0.115. The molecule has 1 unspecified atom stereocenters. The van der Waals surface area contributed by atoms with Crippen LogP contribution in [-0.2, 0) is 11.2 Å². The van der Waals surface area contributed by atoms with Gasteiger partial charge in [0.2, 0.25) is 0 Å². The Morgan fingerprint density at radius 1 is 1.05 bits per heavy atom. The largest absolute Gasteiger partial charge is 0.504 e. The van der Waals surface area contributed by atoms with Crippen molar-refractivity contribution in [3.63, 3.8) is 0 Å². The van der Waals surface area contributed by atoms with Crippen LogP contribution < -0.4 is 4.74 Å². The quantitative estimate of drug-likeness (QED) is 0.596. The first kappa shape index (κ1) is 18.8. The van der Waals surface area contributed by atoms with Gasteiger partial charge in [0.15, 0.2) is 11.5 Å². The SMILES string of the molecule is COc1cc(CCC(C)CCOCCCC(C)C)ccc1O. The Morgan fingerprint density at radius 3 is 2.50 bits per heavy atom. The van der Waals surface area contributed by atoms with Crippen LogP contribution in [0, 0.1) is 11.8 Å². The van der Waals surface area contributed by atoms with Crippen LogP contribution >= 0.6 is 0 Å². The number of phenols is 1. The molecule has 0 aliphatic rings. The van der Waals surface area contributed by atoms with Crippen molar-refractivity contribution in [1.29, 1.82) is 0 Å². The normalized spacial score (nSPS) is 12.6. The molecule has 0 heterocycles. The van der Waals surface area contributed by atoms with E-state index in [0.29, 0.717) is 11.7 Å². The monoisotopic (exact) mass is 308 g/mol. The molecular formula is C19H32O3. The van der Waals surface area contributed by atoms with Crippen LogP contribution in [-0.4, -0.2) is 25.4 Å². The molecule has 0 radical (unpaired) electrons. The molecule has 0 bridgehead atoms. The molecule has 0 fully saturated rings. The van der Waals surface area contributed by atoms with Crippen LogP contribution in [0.4, 0.5) is 0 Å².